The topological polar surface area (TPSA) is 111 Å². The number of aliphatic hydroxyl groups excluding tert-OH is 1. The number of rotatable bonds is 5. The highest BCUT2D eigenvalue weighted by atomic mass is 16.6. The molecule has 1 aliphatic heterocycles. The Hall–Kier alpha value is -2.61. The van der Waals surface area contributed by atoms with Crippen molar-refractivity contribution in [3.8, 4) is 0 Å². The summed E-state index contributed by atoms with van der Waals surface area (Å²) in [5, 5.41) is 14.0. The van der Waals surface area contributed by atoms with Crippen LogP contribution in [0.5, 0.6) is 0 Å². The molecule has 0 aliphatic carbocycles. The quantitative estimate of drug-likeness (QED) is 0.444. The first-order valence-corrected chi connectivity index (χ1v) is 9.20. The zero-order chi connectivity index (χ0) is 21.1. The number of hydrogen-bond acceptors (Lipinski definition) is 8. The van der Waals surface area contributed by atoms with Gasteiger partial charge in [0, 0.05) is 11.3 Å². The minimum Gasteiger partial charge on any atom is -0.465 e. The van der Waals surface area contributed by atoms with Crippen molar-refractivity contribution < 1.29 is 33.7 Å². The molecule has 1 aromatic rings. The fraction of sp³-hybridized carbons (Fsp3) is 0.550. The van der Waals surface area contributed by atoms with Crippen LogP contribution in [-0.4, -0.2) is 47.9 Å². The van der Waals surface area contributed by atoms with E-state index in [0.717, 1.165) is 0 Å². The number of ether oxygens (including phenoxy) is 3. The van der Waals surface area contributed by atoms with Crippen LogP contribution in [0.25, 0.3) is 0 Å². The van der Waals surface area contributed by atoms with E-state index in [1.54, 1.807) is 58.9 Å². The second-order valence-corrected chi connectivity index (χ2v) is 7.41. The maximum atomic E-state index is 13.0. The monoisotopic (exact) mass is 393 g/mol. The summed E-state index contributed by atoms with van der Waals surface area (Å²) in [6.45, 7) is 8.02. The third kappa shape index (κ3) is 3.82. The predicted octanol–water partition coefficient (Wildman–Crippen LogP) is 1.97. The molecular formula is C20H27NO7. The summed E-state index contributed by atoms with van der Waals surface area (Å²) in [6, 6.07) is 5.02. The first-order valence-electron chi connectivity index (χ1n) is 9.20. The molecule has 8 nitrogen and oxygen atoms in total. The molecule has 0 aromatic heterocycles. The van der Waals surface area contributed by atoms with Crippen molar-refractivity contribution in [1.29, 1.82) is 0 Å². The first kappa shape index (κ1) is 21.7. The van der Waals surface area contributed by atoms with Gasteiger partial charge in [-0.05, 0) is 40.7 Å². The van der Waals surface area contributed by atoms with Crippen LogP contribution in [0.1, 0.15) is 46.3 Å². The van der Waals surface area contributed by atoms with E-state index in [-0.39, 0.29) is 18.8 Å². The van der Waals surface area contributed by atoms with Gasteiger partial charge in [-0.15, -0.1) is 0 Å². The van der Waals surface area contributed by atoms with Gasteiger partial charge in [0.2, 0.25) is 5.41 Å². The Bertz CT molecular complexity index is 735. The van der Waals surface area contributed by atoms with E-state index in [1.807, 2.05) is 0 Å². The molecule has 0 spiro atoms. The van der Waals surface area contributed by atoms with E-state index in [4.69, 9.17) is 14.2 Å². The summed E-state index contributed by atoms with van der Waals surface area (Å²) in [4.78, 5) is 39.0. The van der Waals surface area contributed by atoms with E-state index >= 15 is 0 Å². The van der Waals surface area contributed by atoms with Gasteiger partial charge >= 0.3 is 17.9 Å². The highest BCUT2D eigenvalue weighted by molar-refractivity contribution is 6.08. The molecule has 2 atom stereocenters. The number of para-hydroxylation sites is 1. The SMILES string of the molecule is CCOC(=O)C1(C(=O)OCC)[C@@H](C(=O)OC(C)(C)C)Nc2ccccc2[C@H]1O. The van der Waals surface area contributed by atoms with Crippen molar-refractivity contribution in [1.82, 2.24) is 0 Å². The van der Waals surface area contributed by atoms with Gasteiger partial charge in [0.15, 0.2) is 6.04 Å². The molecule has 0 saturated carbocycles. The lowest BCUT2D eigenvalue weighted by atomic mass is 9.69. The van der Waals surface area contributed by atoms with Gasteiger partial charge in [0.25, 0.3) is 0 Å². The second-order valence-electron chi connectivity index (χ2n) is 7.41. The van der Waals surface area contributed by atoms with Gasteiger partial charge < -0.3 is 24.6 Å². The normalized spacial score (nSPS) is 20.4. The zero-order valence-electron chi connectivity index (χ0n) is 16.8. The van der Waals surface area contributed by atoms with Crippen molar-refractivity contribution in [2.24, 2.45) is 5.41 Å². The molecule has 1 aliphatic rings. The van der Waals surface area contributed by atoms with Crippen LogP contribution >= 0.6 is 0 Å². The number of nitrogens with one attached hydrogen (secondary N) is 1. The standard InChI is InChI=1S/C20H27NO7/c1-6-26-17(24)20(18(25)27-7-2)14(16(23)28-19(3,4)5)21-13-11-9-8-10-12(13)15(20)22/h8-11,14-15,21-22H,6-7H2,1-5H3/t14-,15-/m1/s1. The summed E-state index contributed by atoms with van der Waals surface area (Å²) in [7, 11) is 0. The molecule has 1 heterocycles. The molecule has 0 radical (unpaired) electrons. The van der Waals surface area contributed by atoms with Gasteiger partial charge in [-0.3, -0.25) is 9.59 Å². The lowest BCUT2D eigenvalue weighted by Crippen LogP contribution is -2.63. The third-order valence-electron chi connectivity index (χ3n) is 4.31. The molecule has 0 fully saturated rings. The van der Waals surface area contributed by atoms with Crippen LogP contribution in [0, 0.1) is 5.41 Å². The molecule has 1 aromatic carbocycles. The fourth-order valence-corrected chi connectivity index (χ4v) is 3.19. The highest BCUT2D eigenvalue weighted by Crippen LogP contribution is 2.48. The number of benzene rings is 1. The largest absolute Gasteiger partial charge is 0.465 e. The number of fused-ring (bicyclic) bond motifs is 1. The van der Waals surface area contributed by atoms with Gasteiger partial charge in [-0.25, -0.2) is 4.79 Å². The Morgan fingerprint density at radius 1 is 1.07 bits per heavy atom. The van der Waals surface area contributed by atoms with Gasteiger partial charge in [-0.1, -0.05) is 18.2 Å². The highest BCUT2D eigenvalue weighted by Gasteiger charge is 2.66. The summed E-state index contributed by atoms with van der Waals surface area (Å²) >= 11 is 0. The molecule has 2 N–H and O–H groups in total. The molecule has 8 heteroatoms. The van der Waals surface area contributed by atoms with Gasteiger partial charge in [0.1, 0.15) is 11.7 Å². The number of esters is 3. The summed E-state index contributed by atoms with van der Waals surface area (Å²) in [5.41, 5.74) is -2.53. The van der Waals surface area contributed by atoms with E-state index in [0.29, 0.717) is 5.69 Å². The molecule has 0 bridgehead atoms. The summed E-state index contributed by atoms with van der Waals surface area (Å²) < 4.78 is 15.6. The lowest BCUT2D eigenvalue weighted by Gasteiger charge is -2.43. The number of aliphatic hydroxyl groups is 1. The van der Waals surface area contributed by atoms with Crippen molar-refractivity contribution in [3.05, 3.63) is 29.8 Å². The van der Waals surface area contributed by atoms with Crippen molar-refractivity contribution >= 4 is 23.6 Å². The lowest BCUT2D eigenvalue weighted by molar-refractivity contribution is -0.191. The number of anilines is 1. The predicted molar refractivity (Wildman–Crippen MR) is 100 cm³/mol. The third-order valence-corrected chi connectivity index (χ3v) is 4.31. The second kappa shape index (κ2) is 8.18. The van der Waals surface area contributed by atoms with Gasteiger partial charge in [-0.2, -0.15) is 0 Å². The Kier molecular flexibility index (Phi) is 6.34. The molecule has 0 saturated heterocycles. The van der Waals surface area contributed by atoms with Crippen LogP contribution in [0.2, 0.25) is 0 Å². The summed E-state index contributed by atoms with van der Waals surface area (Å²) in [5.74, 6) is -2.99. The fourth-order valence-electron chi connectivity index (χ4n) is 3.19. The van der Waals surface area contributed by atoms with Crippen LogP contribution in [-0.2, 0) is 28.6 Å². The van der Waals surface area contributed by atoms with E-state index in [2.05, 4.69) is 5.32 Å². The summed E-state index contributed by atoms with van der Waals surface area (Å²) in [6.07, 6.45) is -1.67. The van der Waals surface area contributed by atoms with Crippen molar-refractivity contribution in [2.45, 2.75) is 52.4 Å². The first-order chi connectivity index (χ1) is 13.1. The maximum Gasteiger partial charge on any atom is 0.331 e. The molecule has 154 valence electrons. The molecule has 2 rings (SSSR count). The number of carbonyl (C=O) groups is 3. The van der Waals surface area contributed by atoms with Crippen LogP contribution in [0.3, 0.4) is 0 Å². The smallest absolute Gasteiger partial charge is 0.331 e. The van der Waals surface area contributed by atoms with Crippen LogP contribution in [0.15, 0.2) is 24.3 Å². The zero-order valence-corrected chi connectivity index (χ0v) is 16.8. The number of hydrogen-bond donors (Lipinski definition) is 2. The number of carbonyl (C=O) groups excluding carboxylic acids is 3. The average molecular weight is 393 g/mol. The van der Waals surface area contributed by atoms with E-state index in [9.17, 15) is 19.5 Å². The van der Waals surface area contributed by atoms with E-state index < -0.39 is 41.1 Å². The minimum absolute atomic E-state index is 0.0462. The van der Waals surface area contributed by atoms with E-state index in [1.165, 1.54) is 0 Å². The Balaban J connectivity index is 2.70. The minimum atomic E-state index is -2.34. The Morgan fingerprint density at radius 3 is 2.11 bits per heavy atom. The van der Waals surface area contributed by atoms with Crippen LogP contribution in [0.4, 0.5) is 5.69 Å². The molecule has 0 unspecified atom stereocenters. The van der Waals surface area contributed by atoms with Crippen molar-refractivity contribution in [3.63, 3.8) is 0 Å². The van der Waals surface area contributed by atoms with Crippen molar-refractivity contribution in [2.75, 3.05) is 18.5 Å². The average Bonchev–Trinajstić information content (AvgIpc) is 2.60. The molecular weight excluding hydrogens is 366 g/mol. The molecule has 28 heavy (non-hydrogen) atoms. The molecule has 0 amide bonds. The van der Waals surface area contributed by atoms with Crippen LogP contribution < -0.4 is 5.32 Å². The van der Waals surface area contributed by atoms with Gasteiger partial charge in [0.05, 0.1) is 13.2 Å². The maximum absolute atomic E-state index is 13.0. The Morgan fingerprint density at radius 2 is 1.61 bits per heavy atom. The Labute approximate surface area is 164 Å².